The van der Waals surface area contributed by atoms with Crippen LogP contribution >= 0.6 is 23.2 Å². The van der Waals surface area contributed by atoms with Gasteiger partial charge in [0, 0.05) is 27.0 Å². The molecule has 1 aliphatic rings. The first kappa shape index (κ1) is 19.3. The second kappa shape index (κ2) is 7.88. The van der Waals surface area contributed by atoms with Gasteiger partial charge in [-0.3, -0.25) is 15.0 Å². The van der Waals surface area contributed by atoms with E-state index in [1.54, 1.807) is 6.92 Å². The summed E-state index contributed by atoms with van der Waals surface area (Å²) in [6, 6.07) is 0.957. The minimum atomic E-state index is -1.24. The van der Waals surface area contributed by atoms with Gasteiger partial charge in [-0.25, -0.2) is 9.59 Å². The number of halogens is 2. The molecule has 1 aromatic carbocycles. The van der Waals surface area contributed by atoms with Gasteiger partial charge in [0.25, 0.3) is 0 Å². The molecule has 136 valence electrons. The molecule has 0 radical (unpaired) electrons. The summed E-state index contributed by atoms with van der Waals surface area (Å²) in [4.78, 5) is 36.5. The normalized spacial score (nSPS) is 22.6. The first-order chi connectivity index (χ1) is 11.8. The highest BCUT2D eigenvalue weighted by molar-refractivity contribution is 6.35. The van der Waals surface area contributed by atoms with Crippen molar-refractivity contribution in [3.8, 4) is 0 Å². The highest BCUT2D eigenvalue weighted by Gasteiger charge is 2.55. The number of carbonyl (C=O) groups excluding carboxylic acids is 2. The molecule has 0 aromatic heterocycles. The van der Waals surface area contributed by atoms with E-state index in [-0.39, 0.29) is 18.1 Å². The third-order valence-corrected chi connectivity index (χ3v) is 4.52. The van der Waals surface area contributed by atoms with Gasteiger partial charge in [-0.05, 0) is 19.1 Å². The van der Waals surface area contributed by atoms with E-state index < -0.39 is 35.1 Å². The molecule has 10 heteroatoms. The standard InChI is InChI=1S/C15H16Cl2N2O6/c1-3-25-14(20)12-7-11(19(22)23)13(18(12)15(21)24-2)9-5-4-8(16)6-10(9)17/h4-6,11-13H,3,7H2,1-2H3/t11-,12-,13-/m0/s1. The number of amides is 1. The van der Waals surface area contributed by atoms with Crippen molar-refractivity contribution < 1.29 is 24.0 Å². The van der Waals surface area contributed by atoms with E-state index in [2.05, 4.69) is 0 Å². The maximum absolute atomic E-state index is 12.3. The SMILES string of the molecule is CCOC(=O)[C@@H]1C[C@H]([N+](=O)[O-])[C@H](c2ccc(Cl)cc2Cl)N1C(=O)OC. The third-order valence-electron chi connectivity index (χ3n) is 3.96. The van der Waals surface area contributed by atoms with Crippen molar-refractivity contribution in [1.82, 2.24) is 4.90 Å². The second-order valence-corrected chi connectivity index (χ2v) is 6.19. The summed E-state index contributed by atoms with van der Waals surface area (Å²) < 4.78 is 9.67. The molecule has 0 N–H and O–H groups in total. The van der Waals surface area contributed by atoms with Crippen molar-refractivity contribution in [3.05, 3.63) is 43.9 Å². The van der Waals surface area contributed by atoms with Gasteiger partial charge in [-0.2, -0.15) is 0 Å². The highest BCUT2D eigenvalue weighted by atomic mass is 35.5. The van der Waals surface area contributed by atoms with Gasteiger partial charge in [-0.15, -0.1) is 0 Å². The molecule has 8 nitrogen and oxygen atoms in total. The number of likely N-dealkylation sites (tertiary alicyclic amines) is 1. The fourth-order valence-electron chi connectivity index (χ4n) is 2.94. The maximum Gasteiger partial charge on any atom is 0.411 e. The Labute approximate surface area is 153 Å². The molecule has 0 bridgehead atoms. The van der Waals surface area contributed by atoms with Crippen molar-refractivity contribution in [2.45, 2.75) is 31.5 Å². The lowest BCUT2D eigenvalue weighted by molar-refractivity contribution is -0.525. The molecule has 1 aromatic rings. The van der Waals surface area contributed by atoms with E-state index in [1.807, 2.05) is 0 Å². The lowest BCUT2D eigenvalue weighted by Crippen LogP contribution is -2.43. The van der Waals surface area contributed by atoms with Crippen molar-refractivity contribution in [2.24, 2.45) is 0 Å². The monoisotopic (exact) mass is 390 g/mol. The molecule has 1 fully saturated rings. The molecule has 1 heterocycles. The molecule has 0 saturated carbocycles. The number of hydrogen-bond acceptors (Lipinski definition) is 6. The zero-order chi connectivity index (χ0) is 18.7. The molecule has 2 rings (SSSR count). The number of nitro groups is 1. The summed E-state index contributed by atoms with van der Waals surface area (Å²) >= 11 is 12.1. The molecule has 25 heavy (non-hydrogen) atoms. The van der Waals surface area contributed by atoms with Crippen LogP contribution in [0.1, 0.15) is 24.9 Å². The van der Waals surface area contributed by atoms with Gasteiger partial charge in [0.05, 0.1) is 13.7 Å². The molecule has 0 unspecified atom stereocenters. The summed E-state index contributed by atoms with van der Waals surface area (Å²) in [5.41, 5.74) is 0.310. The maximum atomic E-state index is 12.3. The Bertz CT molecular complexity index is 699. The van der Waals surface area contributed by atoms with Crippen LogP contribution < -0.4 is 0 Å². The Morgan fingerprint density at radius 3 is 2.60 bits per heavy atom. The van der Waals surface area contributed by atoms with Gasteiger partial charge in [-0.1, -0.05) is 29.3 Å². The molecule has 1 aliphatic heterocycles. The van der Waals surface area contributed by atoms with Crippen LogP contribution in [-0.4, -0.2) is 47.7 Å². The number of carbonyl (C=O) groups is 2. The predicted octanol–water partition coefficient (Wildman–Crippen LogP) is 3.08. The van der Waals surface area contributed by atoms with Crippen molar-refractivity contribution in [2.75, 3.05) is 13.7 Å². The summed E-state index contributed by atoms with van der Waals surface area (Å²) in [6.45, 7) is 1.69. The van der Waals surface area contributed by atoms with Crippen molar-refractivity contribution in [1.29, 1.82) is 0 Å². The van der Waals surface area contributed by atoms with E-state index in [0.29, 0.717) is 10.6 Å². The molecular weight excluding hydrogens is 375 g/mol. The van der Waals surface area contributed by atoms with Crippen molar-refractivity contribution in [3.63, 3.8) is 0 Å². The van der Waals surface area contributed by atoms with E-state index >= 15 is 0 Å². The van der Waals surface area contributed by atoms with E-state index in [0.717, 1.165) is 12.0 Å². The lowest BCUT2D eigenvalue weighted by Gasteiger charge is -2.28. The minimum absolute atomic E-state index is 0.0832. The quantitative estimate of drug-likeness (QED) is 0.444. The summed E-state index contributed by atoms with van der Waals surface area (Å²) in [5.74, 6) is -0.729. The molecule has 1 saturated heterocycles. The van der Waals surface area contributed by atoms with Crippen LogP contribution in [0.15, 0.2) is 18.2 Å². The highest BCUT2D eigenvalue weighted by Crippen LogP contribution is 2.42. The Balaban J connectivity index is 2.55. The predicted molar refractivity (Wildman–Crippen MR) is 89.3 cm³/mol. The van der Waals surface area contributed by atoms with Crippen LogP contribution in [0.5, 0.6) is 0 Å². The van der Waals surface area contributed by atoms with E-state index in [4.69, 9.17) is 32.7 Å². The first-order valence-electron chi connectivity index (χ1n) is 7.43. The minimum Gasteiger partial charge on any atom is -0.464 e. The molecule has 1 amide bonds. The second-order valence-electron chi connectivity index (χ2n) is 5.34. The van der Waals surface area contributed by atoms with Gasteiger partial charge >= 0.3 is 12.1 Å². The molecule has 0 spiro atoms. The fourth-order valence-corrected chi connectivity index (χ4v) is 3.47. The summed E-state index contributed by atoms with van der Waals surface area (Å²) in [5, 5.41) is 12.1. The number of benzene rings is 1. The van der Waals surface area contributed by atoms with Crippen LogP contribution in [0, 0.1) is 10.1 Å². The lowest BCUT2D eigenvalue weighted by atomic mass is 10.0. The smallest absolute Gasteiger partial charge is 0.411 e. The molecule has 3 atom stereocenters. The van der Waals surface area contributed by atoms with Crippen LogP contribution in [0.25, 0.3) is 0 Å². The van der Waals surface area contributed by atoms with E-state index in [9.17, 15) is 19.7 Å². The summed E-state index contributed by atoms with van der Waals surface area (Å²) in [6.07, 6.45) is -1.08. The topological polar surface area (TPSA) is 99.0 Å². The number of ether oxygens (including phenoxy) is 2. The average molecular weight is 391 g/mol. The largest absolute Gasteiger partial charge is 0.464 e. The Hall–Kier alpha value is -2.06. The zero-order valence-electron chi connectivity index (χ0n) is 13.5. The van der Waals surface area contributed by atoms with Crippen LogP contribution in [-0.2, 0) is 14.3 Å². The number of esters is 1. The average Bonchev–Trinajstić information content (AvgIpc) is 2.95. The number of hydrogen-bond donors (Lipinski definition) is 0. The fraction of sp³-hybridized carbons (Fsp3) is 0.467. The van der Waals surface area contributed by atoms with E-state index in [1.165, 1.54) is 18.2 Å². The molecule has 0 aliphatic carbocycles. The Morgan fingerprint density at radius 2 is 2.08 bits per heavy atom. The molecular formula is C15H16Cl2N2O6. The number of methoxy groups -OCH3 is 1. The van der Waals surface area contributed by atoms with Gasteiger partial charge in [0.2, 0.25) is 6.04 Å². The zero-order valence-corrected chi connectivity index (χ0v) is 15.0. The van der Waals surface area contributed by atoms with Crippen LogP contribution in [0.4, 0.5) is 4.79 Å². The Kier molecular flexibility index (Phi) is 6.07. The summed E-state index contributed by atoms with van der Waals surface area (Å²) in [7, 11) is 1.13. The number of rotatable bonds is 4. The Morgan fingerprint density at radius 1 is 1.40 bits per heavy atom. The van der Waals surface area contributed by atoms with Gasteiger partial charge in [0.1, 0.15) is 12.1 Å². The van der Waals surface area contributed by atoms with Gasteiger partial charge < -0.3 is 9.47 Å². The third kappa shape index (κ3) is 3.80. The number of nitrogens with zero attached hydrogens (tertiary/aromatic N) is 2. The van der Waals surface area contributed by atoms with Crippen molar-refractivity contribution >= 4 is 35.3 Å². The van der Waals surface area contributed by atoms with Crippen LogP contribution in [0.3, 0.4) is 0 Å². The first-order valence-corrected chi connectivity index (χ1v) is 8.18. The van der Waals surface area contributed by atoms with Crippen LogP contribution in [0.2, 0.25) is 10.0 Å². The van der Waals surface area contributed by atoms with Gasteiger partial charge in [0.15, 0.2) is 0 Å².